The Morgan fingerprint density at radius 2 is 0.804 bits per heavy atom. The van der Waals surface area contributed by atoms with Crippen LogP contribution in [0.25, 0.3) is 66.4 Å². The van der Waals surface area contributed by atoms with Crippen LogP contribution < -0.4 is 4.90 Å². The number of hydrogen-bond donors (Lipinski definition) is 0. The molecule has 1 nitrogen and oxygen atoms in total. The summed E-state index contributed by atoms with van der Waals surface area (Å²) >= 11 is 0. The summed E-state index contributed by atoms with van der Waals surface area (Å²) in [6.45, 7) is 4.79. The fourth-order valence-electron chi connectivity index (χ4n) is 8.81. The van der Waals surface area contributed by atoms with E-state index in [1.54, 1.807) is 0 Å². The normalized spacial score (nSPS) is 12.6. The molecule has 0 heterocycles. The van der Waals surface area contributed by atoms with Crippen LogP contribution in [0.2, 0.25) is 0 Å². The van der Waals surface area contributed by atoms with Gasteiger partial charge in [0, 0.05) is 22.5 Å². The van der Waals surface area contributed by atoms with Gasteiger partial charge in [-0.2, -0.15) is 0 Å². The smallest absolute Gasteiger partial charge is 0.0462 e. The zero-order chi connectivity index (χ0) is 37.6. The minimum absolute atomic E-state index is 0.199. The molecule has 0 aliphatic heterocycles. The second-order valence-corrected chi connectivity index (χ2v) is 15.4. The van der Waals surface area contributed by atoms with E-state index in [1.165, 1.54) is 77.5 Å². The van der Waals surface area contributed by atoms with Crippen LogP contribution in [0.4, 0.5) is 17.1 Å². The Morgan fingerprint density at radius 1 is 0.321 bits per heavy atom. The molecule has 0 unspecified atom stereocenters. The van der Waals surface area contributed by atoms with Crippen molar-refractivity contribution >= 4 is 27.8 Å². The Kier molecular flexibility index (Phi) is 8.23. The highest BCUT2D eigenvalue weighted by Crippen LogP contribution is 2.53. The number of rotatable bonds is 7. The Hall–Kier alpha value is -6.96. The van der Waals surface area contributed by atoms with Gasteiger partial charge in [-0.15, -0.1) is 0 Å². The molecule has 0 saturated heterocycles. The van der Waals surface area contributed by atoms with Crippen LogP contribution in [0.3, 0.4) is 0 Å². The minimum atomic E-state index is -0.199. The molecular formula is C55H41N. The molecule has 0 radical (unpaired) electrons. The van der Waals surface area contributed by atoms with E-state index in [9.17, 15) is 0 Å². The molecule has 0 spiro atoms. The second-order valence-electron chi connectivity index (χ2n) is 15.4. The molecule has 56 heavy (non-hydrogen) atoms. The van der Waals surface area contributed by atoms with Gasteiger partial charge in [0.05, 0.1) is 0 Å². The van der Waals surface area contributed by atoms with E-state index < -0.39 is 0 Å². The van der Waals surface area contributed by atoms with Crippen molar-refractivity contribution in [2.75, 3.05) is 4.90 Å². The van der Waals surface area contributed by atoms with Gasteiger partial charge >= 0.3 is 0 Å². The van der Waals surface area contributed by atoms with Gasteiger partial charge in [-0.05, 0) is 138 Å². The third-order valence-electron chi connectivity index (χ3n) is 11.6. The number of fused-ring (bicyclic) bond motifs is 2. The lowest BCUT2D eigenvalue weighted by molar-refractivity contribution is 0.645. The molecule has 0 amide bonds. The molecule has 0 N–H and O–H groups in total. The van der Waals surface area contributed by atoms with Crippen LogP contribution in [0, 0.1) is 0 Å². The van der Waals surface area contributed by atoms with Gasteiger partial charge in [-0.1, -0.05) is 166 Å². The fourth-order valence-corrected chi connectivity index (χ4v) is 8.81. The van der Waals surface area contributed by atoms with E-state index in [2.05, 4.69) is 231 Å². The second kappa shape index (κ2) is 13.7. The van der Waals surface area contributed by atoms with Crippen LogP contribution in [-0.4, -0.2) is 0 Å². The molecule has 0 bridgehead atoms. The van der Waals surface area contributed by atoms with E-state index in [1.807, 2.05) is 0 Å². The van der Waals surface area contributed by atoms with Crippen molar-refractivity contribution in [3.63, 3.8) is 0 Å². The van der Waals surface area contributed by atoms with Crippen LogP contribution in [0.15, 0.2) is 212 Å². The summed E-state index contributed by atoms with van der Waals surface area (Å²) in [5, 5.41) is 2.64. The third-order valence-corrected chi connectivity index (χ3v) is 11.6. The standard InChI is InChI=1S/C55H41N/c1-55(2)51-25-15-20-41-28-32-49(45-35-43(38-16-7-3-8-17-38)34-44(36-45)39-18-9-4-10-19-39)54(53(41)51)50-33-29-42(37-52(50)55)40-26-30-48(31-27-40)56(46-21-11-5-12-22-46)47-23-13-6-14-24-47/h3-37H,1-2H3. The van der Waals surface area contributed by atoms with Crippen LogP contribution >= 0.6 is 0 Å². The summed E-state index contributed by atoms with van der Waals surface area (Å²) in [6, 6.07) is 77.5. The quantitative estimate of drug-likeness (QED) is 0.159. The van der Waals surface area contributed by atoms with Gasteiger partial charge in [0.25, 0.3) is 0 Å². The Morgan fingerprint density at radius 3 is 1.39 bits per heavy atom. The summed E-state index contributed by atoms with van der Waals surface area (Å²) in [5.41, 5.74) is 18.3. The Bertz CT molecular complexity index is 2740. The summed E-state index contributed by atoms with van der Waals surface area (Å²) in [7, 11) is 0. The van der Waals surface area contributed by atoms with Crippen molar-refractivity contribution < 1.29 is 0 Å². The third kappa shape index (κ3) is 5.81. The molecule has 9 aromatic rings. The number of anilines is 3. The highest BCUT2D eigenvalue weighted by Gasteiger charge is 2.35. The van der Waals surface area contributed by atoms with Gasteiger partial charge in [0.1, 0.15) is 0 Å². The zero-order valence-corrected chi connectivity index (χ0v) is 31.7. The van der Waals surface area contributed by atoms with Crippen LogP contribution in [0.5, 0.6) is 0 Å². The van der Waals surface area contributed by atoms with E-state index >= 15 is 0 Å². The maximum Gasteiger partial charge on any atom is 0.0462 e. The molecule has 0 saturated carbocycles. The van der Waals surface area contributed by atoms with Crippen molar-refractivity contribution in [1.29, 1.82) is 0 Å². The summed E-state index contributed by atoms with van der Waals surface area (Å²) in [6.07, 6.45) is 0. The van der Waals surface area contributed by atoms with Crippen molar-refractivity contribution in [2.45, 2.75) is 19.3 Å². The molecule has 266 valence electrons. The summed E-state index contributed by atoms with van der Waals surface area (Å²) < 4.78 is 0. The van der Waals surface area contributed by atoms with E-state index in [-0.39, 0.29) is 5.41 Å². The van der Waals surface area contributed by atoms with E-state index in [0.29, 0.717) is 0 Å². The number of benzene rings is 9. The molecule has 1 aliphatic rings. The molecule has 10 rings (SSSR count). The summed E-state index contributed by atoms with van der Waals surface area (Å²) in [4.78, 5) is 2.31. The highest BCUT2D eigenvalue weighted by molar-refractivity contribution is 6.10. The Balaban J connectivity index is 1.12. The fraction of sp³-hybridized carbons (Fsp3) is 0.0545. The number of nitrogens with zero attached hydrogens (tertiary/aromatic N) is 1. The minimum Gasteiger partial charge on any atom is -0.311 e. The molecule has 0 aromatic heterocycles. The number of hydrogen-bond acceptors (Lipinski definition) is 1. The maximum absolute atomic E-state index is 2.45. The molecular weight excluding hydrogens is 675 g/mol. The average molecular weight is 716 g/mol. The van der Waals surface area contributed by atoms with E-state index in [4.69, 9.17) is 0 Å². The molecule has 1 heteroatoms. The van der Waals surface area contributed by atoms with Gasteiger partial charge in [0.15, 0.2) is 0 Å². The SMILES string of the molecule is CC1(C)c2cc(-c3ccc(N(c4ccccc4)c4ccccc4)cc3)ccc2-c2c(-c3cc(-c4ccccc4)cc(-c4ccccc4)c3)ccc3cccc1c23. The van der Waals surface area contributed by atoms with E-state index in [0.717, 1.165) is 17.1 Å². The van der Waals surface area contributed by atoms with Crippen molar-refractivity contribution in [3.8, 4) is 55.6 Å². The van der Waals surface area contributed by atoms with Crippen LogP contribution in [-0.2, 0) is 5.41 Å². The lowest BCUT2D eigenvalue weighted by Gasteiger charge is -2.36. The first-order chi connectivity index (χ1) is 27.5. The molecule has 1 aliphatic carbocycles. The maximum atomic E-state index is 2.45. The zero-order valence-electron chi connectivity index (χ0n) is 31.7. The van der Waals surface area contributed by atoms with Gasteiger partial charge in [-0.25, -0.2) is 0 Å². The average Bonchev–Trinajstić information content (AvgIpc) is 3.27. The molecule has 9 aromatic carbocycles. The largest absolute Gasteiger partial charge is 0.311 e. The van der Waals surface area contributed by atoms with Crippen molar-refractivity contribution in [1.82, 2.24) is 0 Å². The number of para-hydroxylation sites is 2. The first kappa shape index (κ1) is 33.6. The predicted molar refractivity (Wildman–Crippen MR) is 238 cm³/mol. The first-order valence-electron chi connectivity index (χ1n) is 19.5. The van der Waals surface area contributed by atoms with Crippen molar-refractivity contribution in [2.24, 2.45) is 0 Å². The monoisotopic (exact) mass is 715 g/mol. The Labute approximate surface area is 329 Å². The van der Waals surface area contributed by atoms with Gasteiger partial charge in [-0.3, -0.25) is 0 Å². The highest BCUT2D eigenvalue weighted by atomic mass is 15.1. The molecule has 0 fully saturated rings. The topological polar surface area (TPSA) is 3.24 Å². The van der Waals surface area contributed by atoms with Crippen molar-refractivity contribution in [3.05, 3.63) is 223 Å². The lowest BCUT2D eigenvalue weighted by atomic mass is 9.67. The summed E-state index contributed by atoms with van der Waals surface area (Å²) in [5.74, 6) is 0. The molecule has 0 atom stereocenters. The van der Waals surface area contributed by atoms with Gasteiger partial charge < -0.3 is 4.90 Å². The first-order valence-corrected chi connectivity index (χ1v) is 19.5. The predicted octanol–water partition coefficient (Wildman–Crippen LogP) is 15.3. The van der Waals surface area contributed by atoms with Gasteiger partial charge in [0.2, 0.25) is 0 Å². The van der Waals surface area contributed by atoms with Crippen LogP contribution in [0.1, 0.15) is 25.0 Å². The lowest BCUT2D eigenvalue weighted by Crippen LogP contribution is -2.24.